The molecule has 11 nitrogen and oxygen atoms in total. The summed E-state index contributed by atoms with van der Waals surface area (Å²) in [6.07, 6.45) is 7.50. The summed E-state index contributed by atoms with van der Waals surface area (Å²) in [6.45, 7) is 2.99. The van der Waals surface area contributed by atoms with Gasteiger partial charge in [-0.05, 0) is 24.6 Å². The minimum atomic E-state index is -1.36. The van der Waals surface area contributed by atoms with Crippen molar-refractivity contribution in [3.05, 3.63) is 78.5 Å². The third kappa shape index (κ3) is 5.10. The Bertz CT molecular complexity index is 1570. The Hall–Kier alpha value is -4.61. The molecule has 0 saturated heterocycles. The van der Waals surface area contributed by atoms with Crippen LogP contribution in [0.5, 0.6) is 0 Å². The molecule has 0 spiro atoms. The molecular formula is C27H29N9O2. The second kappa shape index (κ2) is 10.4. The molecule has 1 aromatic carbocycles. The molecule has 4 heterocycles. The zero-order valence-corrected chi connectivity index (χ0v) is 20.9. The molecule has 194 valence electrons. The standard InChI is InChI=1S/C27H29N9O2/c1-27(38,19-5-3-2-4-6-19)23-12-22(34-26(29)35-23)21-15-32-25-20(21)11-17(13-31-25)18-14-33-36(16-18)10-7-24(37)30-9-8-28/h2-6,11-16,38H,7-10,28H2,1H3,(H,30,37)(H,31,32)(H2,29,34,35). The molecule has 0 fully saturated rings. The molecule has 1 atom stereocenters. The van der Waals surface area contributed by atoms with Crippen molar-refractivity contribution in [1.82, 2.24) is 35.0 Å². The van der Waals surface area contributed by atoms with Crippen LogP contribution in [0.25, 0.3) is 33.4 Å². The van der Waals surface area contributed by atoms with Gasteiger partial charge in [-0.3, -0.25) is 9.48 Å². The Morgan fingerprint density at radius 3 is 2.76 bits per heavy atom. The van der Waals surface area contributed by atoms with Crippen molar-refractivity contribution in [3.63, 3.8) is 0 Å². The third-order valence-electron chi connectivity index (χ3n) is 6.39. The monoisotopic (exact) mass is 511 g/mol. The summed E-state index contributed by atoms with van der Waals surface area (Å²) in [7, 11) is 0. The van der Waals surface area contributed by atoms with Gasteiger partial charge in [-0.15, -0.1) is 0 Å². The molecule has 0 saturated carbocycles. The highest BCUT2D eigenvalue weighted by Crippen LogP contribution is 2.34. The summed E-state index contributed by atoms with van der Waals surface area (Å²) < 4.78 is 1.72. The van der Waals surface area contributed by atoms with Crippen LogP contribution < -0.4 is 16.8 Å². The number of aromatic nitrogens is 6. The van der Waals surface area contributed by atoms with Gasteiger partial charge < -0.3 is 26.9 Å². The van der Waals surface area contributed by atoms with E-state index in [2.05, 4.69) is 30.4 Å². The molecule has 1 unspecified atom stereocenters. The second-order valence-corrected chi connectivity index (χ2v) is 9.14. The van der Waals surface area contributed by atoms with Gasteiger partial charge in [-0.2, -0.15) is 5.10 Å². The van der Waals surface area contributed by atoms with Crippen LogP contribution in [0.3, 0.4) is 0 Å². The molecule has 5 aromatic rings. The van der Waals surface area contributed by atoms with E-state index in [4.69, 9.17) is 11.5 Å². The van der Waals surface area contributed by atoms with Gasteiger partial charge in [0.05, 0.1) is 17.6 Å². The molecule has 7 N–H and O–H groups in total. The Labute approximate surface area is 218 Å². The molecule has 4 aromatic heterocycles. The van der Waals surface area contributed by atoms with E-state index in [1.165, 1.54) is 0 Å². The molecule has 1 amide bonds. The first-order valence-electron chi connectivity index (χ1n) is 12.2. The summed E-state index contributed by atoms with van der Waals surface area (Å²) in [5, 5.41) is 19.3. The molecule has 11 heteroatoms. The maximum absolute atomic E-state index is 11.9. The van der Waals surface area contributed by atoms with Gasteiger partial charge in [-0.25, -0.2) is 15.0 Å². The number of aryl methyl sites for hydroxylation is 1. The number of hydrogen-bond acceptors (Lipinski definition) is 8. The maximum atomic E-state index is 11.9. The first-order valence-corrected chi connectivity index (χ1v) is 12.2. The van der Waals surface area contributed by atoms with Crippen LogP contribution in [-0.2, 0) is 16.9 Å². The number of hydrogen-bond donors (Lipinski definition) is 5. The van der Waals surface area contributed by atoms with Crippen molar-refractivity contribution in [2.75, 3.05) is 18.8 Å². The van der Waals surface area contributed by atoms with E-state index in [-0.39, 0.29) is 11.9 Å². The number of aromatic amines is 1. The second-order valence-electron chi connectivity index (χ2n) is 9.14. The number of amides is 1. The van der Waals surface area contributed by atoms with Crippen molar-refractivity contribution in [2.45, 2.75) is 25.5 Å². The molecule has 0 radical (unpaired) electrons. The number of H-pyrrole nitrogens is 1. The first kappa shape index (κ1) is 25.1. The van der Waals surface area contributed by atoms with Gasteiger partial charge in [-0.1, -0.05) is 30.3 Å². The first-order chi connectivity index (χ1) is 18.3. The zero-order chi connectivity index (χ0) is 26.7. The number of fused-ring (bicyclic) bond motifs is 1. The van der Waals surface area contributed by atoms with Crippen LogP contribution >= 0.6 is 0 Å². The van der Waals surface area contributed by atoms with Crippen molar-refractivity contribution >= 4 is 22.9 Å². The summed E-state index contributed by atoms with van der Waals surface area (Å²) in [4.78, 5) is 28.4. The lowest BCUT2D eigenvalue weighted by Gasteiger charge is -2.24. The number of benzene rings is 1. The average molecular weight is 512 g/mol. The number of carbonyl (C=O) groups is 1. The highest BCUT2D eigenvalue weighted by molar-refractivity contribution is 5.95. The fraction of sp³-hybridized carbons (Fsp3) is 0.222. The van der Waals surface area contributed by atoms with Gasteiger partial charge in [0.1, 0.15) is 11.2 Å². The number of anilines is 1. The lowest BCUT2D eigenvalue weighted by atomic mass is 9.91. The highest BCUT2D eigenvalue weighted by atomic mass is 16.3. The molecule has 5 rings (SSSR count). The van der Waals surface area contributed by atoms with Gasteiger partial charge in [0.25, 0.3) is 0 Å². The predicted molar refractivity (Wildman–Crippen MR) is 145 cm³/mol. The molecular weight excluding hydrogens is 482 g/mol. The minimum absolute atomic E-state index is 0.0592. The highest BCUT2D eigenvalue weighted by Gasteiger charge is 2.28. The molecule has 38 heavy (non-hydrogen) atoms. The molecule has 0 aliphatic carbocycles. The van der Waals surface area contributed by atoms with E-state index in [0.717, 1.165) is 22.1 Å². The fourth-order valence-corrected chi connectivity index (χ4v) is 4.29. The molecule has 0 bridgehead atoms. The third-order valence-corrected chi connectivity index (χ3v) is 6.39. The lowest BCUT2D eigenvalue weighted by molar-refractivity contribution is -0.121. The topological polar surface area (TPSA) is 174 Å². The van der Waals surface area contributed by atoms with Crippen molar-refractivity contribution in [2.24, 2.45) is 5.73 Å². The largest absolute Gasteiger partial charge is 0.379 e. The van der Waals surface area contributed by atoms with E-state index in [1.807, 2.05) is 48.8 Å². The van der Waals surface area contributed by atoms with Crippen LogP contribution in [0.2, 0.25) is 0 Å². The number of nitrogens with one attached hydrogen (secondary N) is 2. The van der Waals surface area contributed by atoms with Crippen LogP contribution in [0.4, 0.5) is 5.95 Å². The summed E-state index contributed by atoms with van der Waals surface area (Å²) in [6, 6.07) is 13.0. The van der Waals surface area contributed by atoms with Crippen LogP contribution in [0.1, 0.15) is 24.6 Å². The molecule has 0 aliphatic heterocycles. The Morgan fingerprint density at radius 2 is 1.97 bits per heavy atom. The van der Waals surface area contributed by atoms with Crippen LogP contribution in [0.15, 0.2) is 67.3 Å². The van der Waals surface area contributed by atoms with Gasteiger partial charge in [0.15, 0.2) is 0 Å². The number of aliphatic hydroxyl groups is 1. The van der Waals surface area contributed by atoms with E-state index in [1.54, 1.807) is 30.1 Å². The van der Waals surface area contributed by atoms with Crippen molar-refractivity contribution in [1.29, 1.82) is 0 Å². The van der Waals surface area contributed by atoms with E-state index < -0.39 is 5.60 Å². The number of nitrogen functional groups attached to an aromatic ring is 1. The Balaban J connectivity index is 1.45. The SMILES string of the molecule is CC(O)(c1ccccc1)c1cc(-c2c[nH]c3ncc(-c4cnn(CCC(=O)NCCN)c4)cc23)nc(N)n1. The fourth-order valence-electron chi connectivity index (χ4n) is 4.29. The number of nitrogens with zero attached hydrogens (tertiary/aromatic N) is 5. The van der Waals surface area contributed by atoms with E-state index >= 15 is 0 Å². The number of carbonyl (C=O) groups excluding carboxylic acids is 1. The quantitative estimate of drug-likeness (QED) is 0.200. The average Bonchev–Trinajstić information content (AvgIpc) is 3.58. The number of rotatable bonds is 9. The molecule has 0 aliphatic rings. The van der Waals surface area contributed by atoms with E-state index in [0.29, 0.717) is 48.7 Å². The van der Waals surface area contributed by atoms with Gasteiger partial charge in [0.2, 0.25) is 11.9 Å². The predicted octanol–water partition coefficient (Wildman–Crippen LogP) is 2.19. The van der Waals surface area contributed by atoms with Crippen molar-refractivity contribution in [3.8, 4) is 22.4 Å². The Kier molecular flexibility index (Phi) is 6.86. The summed E-state index contributed by atoms with van der Waals surface area (Å²) >= 11 is 0. The number of pyridine rings is 1. The van der Waals surface area contributed by atoms with Gasteiger partial charge in [0, 0.05) is 66.7 Å². The maximum Gasteiger partial charge on any atom is 0.221 e. The summed E-state index contributed by atoms with van der Waals surface area (Å²) in [5.41, 5.74) is 15.0. The lowest BCUT2D eigenvalue weighted by Crippen LogP contribution is -2.29. The smallest absolute Gasteiger partial charge is 0.221 e. The van der Waals surface area contributed by atoms with Crippen molar-refractivity contribution < 1.29 is 9.90 Å². The van der Waals surface area contributed by atoms with E-state index in [9.17, 15) is 9.90 Å². The van der Waals surface area contributed by atoms with Crippen LogP contribution in [0, 0.1) is 0 Å². The van der Waals surface area contributed by atoms with Gasteiger partial charge >= 0.3 is 0 Å². The normalized spacial score (nSPS) is 12.9. The Morgan fingerprint density at radius 1 is 1.16 bits per heavy atom. The minimum Gasteiger partial charge on any atom is -0.379 e. The summed E-state index contributed by atoms with van der Waals surface area (Å²) in [5.74, 6) is -0.00812. The van der Waals surface area contributed by atoms with Crippen LogP contribution in [-0.4, -0.2) is 53.8 Å². The zero-order valence-electron chi connectivity index (χ0n) is 20.9. The number of nitrogens with two attached hydrogens (primary N) is 2.